The summed E-state index contributed by atoms with van der Waals surface area (Å²) in [4.78, 5) is 0.328. The Kier molecular flexibility index (Phi) is 3.64. The predicted molar refractivity (Wildman–Crippen MR) is 73.2 cm³/mol. The number of sulfonamides is 1. The van der Waals surface area contributed by atoms with Crippen molar-refractivity contribution in [1.29, 1.82) is 0 Å². The smallest absolute Gasteiger partial charge is 0.241 e. The van der Waals surface area contributed by atoms with Crippen LogP contribution in [-0.2, 0) is 10.0 Å². The Morgan fingerprint density at radius 2 is 2.06 bits per heavy atom. The molecule has 2 rings (SSSR count). The van der Waals surface area contributed by atoms with Crippen molar-refractivity contribution >= 4 is 15.7 Å². The Morgan fingerprint density at radius 3 is 2.61 bits per heavy atom. The van der Waals surface area contributed by atoms with Gasteiger partial charge in [0.1, 0.15) is 0 Å². The minimum absolute atomic E-state index is 0.257. The average Bonchev–Trinajstić information content (AvgIpc) is 2.27. The predicted octanol–water partition coefficient (Wildman–Crippen LogP) is 2.34. The topological polar surface area (TPSA) is 58.2 Å². The number of hydrogen-bond acceptors (Lipinski definition) is 3. The number of anilines is 1. The molecule has 1 saturated carbocycles. The molecule has 0 spiro atoms. The Bertz CT molecular complexity index is 522. The van der Waals surface area contributed by atoms with Gasteiger partial charge in [-0.2, -0.15) is 0 Å². The zero-order valence-electron chi connectivity index (χ0n) is 10.9. The monoisotopic (exact) mass is 268 g/mol. The highest BCUT2D eigenvalue weighted by molar-refractivity contribution is 7.89. The van der Waals surface area contributed by atoms with Gasteiger partial charge >= 0.3 is 0 Å². The first-order valence-corrected chi connectivity index (χ1v) is 7.81. The van der Waals surface area contributed by atoms with Gasteiger partial charge in [-0.1, -0.05) is 6.07 Å². The van der Waals surface area contributed by atoms with Gasteiger partial charge in [0.2, 0.25) is 10.0 Å². The third-order valence-electron chi connectivity index (χ3n) is 3.36. The van der Waals surface area contributed by atoms with E-state index < -0.39 is 10.0 Å². The second-order valence-corrected chi connectivity index (χ2v) is 6.76. The number of benzene rings is 1. The van der Waals surface area contributed by atoms with Crippen LogP contribution in [0.1, 0.15) is 33.1 Å². The molecule has 1 aliphatic rings. The molecule has 0 bridgehead atoms. The lowest BCUT2D eigenvalue weighted by atomic mass is 9.80. The highest BCUT2D eigenvalue weighted by atomic mass is 32.2. The molecule has 0 saturated heterocycles. The van der Waals surface area contributed by atoms with E-state index in [1.165, 1.54) is 0 Å². The van der Waals surface area contributed by atoms with Gasteiger partial charge in [-0.3, -0.25) is 0 Å². The lowest BCUT2D eigenvalue weighted by Gasteiger charge is -2.38. The van der Waals surface area contributed by atoms with Crippen molar-refractivity contribution in [3.63, 3.8) is 0 Å². The van der Waals surface area contributed by atoms with Crippen LogP contribution in [0.15, 0.2) is 29.2 Å². The summed E-state index contributed by atoms with van der Waals surface area (Å²) < 4.78 is 27.3. The van der Waals surface area contributed by atoms with Crippen molar-refractivity contribution in [1.82, 2.24) is 4.72 Å². The second-order valence-electron chi connectivity index (χ2n) is 5.08. The Balaban J connectivity index is 2.21. The first-order valence-electron chi connectivity index (χ1n) is 6.33. The highest BCUT2D eigenvalue weighted by Gasteiger charge is 2.36. The van der Waals surface area contributed by atoms with Crippen LogP contribution in [0.25, 0.3) is 0 Å². The molecule has 0 unspecified atom stereocenters. The van der Waals surface area contributed by atoms with Crippen LogP contribution >= 0.6 is 0 Å². The van der Waals surface area contributed by atoms with E-state index in [0.29, 0.717) is 4.90 Å². The molecule has 0 atom stereocenters. The fourth-order valence-electron chi connectivity index (χ4n) is 2.17. The van der Waals surface area contributed by atoms with Crippen LogP contribution in [0, 0.1) is 0 Å². The molecule has 0 amide bonds. The Hall–Kier alpha value is -1.07. The Labute approximate surface area is 109 Å². The molecule has 1 aromatic rings. The molecule has 0 aliphatic heterocycles. The molecule has 1 aliphatic carbocycles. The molecule has 0 radical (unpaired) electrons. The minimum atomic E-state index is -3.41. The summed E-state index contributed by atoms with van der Waals surface area (Å²) in [6.07, 6.45) is 2.93. The van der Waals surface area contributed by atoms with Gasteiger partial charge in [-0.25, -0.2) is 13.1 Å². The molecule has 1 aromatic carbocycles. The average molecular weight is 268 g/mol. The van der Waals surface area contributed by atoms with Crippen LogP contribution in [0.5, 0.6) is 0 Å². The minimum Gasteiger partial charge on any atom is -0.385 e. The molecule has 5 heteroatoms. The summed E-state index contributed by atoms with van der Waals surface area (Å²) in [5.41, 5.74) is 0.576. The maximum absolute atomic E-state index is 12.3. The van der Waals surface area contributed by atoms with Gasteiger partial charge in [0.25, 0.3) is 0 Å². The van der Waals surface area contributed by atoms with Crippen molar-refractivity contribution in [3.05, 3.63) is 24.3 Å². The summed E-state index contributed by atoms with van der Waals surface area (Å²) in [5, 5.41) is 3.12. The largest absolute Gasteiger partial charge is 0.385 e. The van der Waals surface area contributed by atoms with Crippen LogP contribution in [0.4, 0.5) is 5.69 Å². The lowest BCUT2D eigenvalue weighted by molar-refractivity contribution is 0.248. The van der Waals surface area contributed by atoms with Crippen molar-refractivity contribution < 1.29 is 8.42 Å². The molecule has 0 aromatic heterocycles. The van der Waals surface area contributed by atoms with E-state index in [4.69, 9.17) is 0 Å². The van der Waals surface area contributed by atoms with Gasteiger partial charge in [0.15, 0.2) is 0 Å². The van der Waals surface area contributed by atoms with E-state index in [1.54, 1.807) is 18.2 Å². The molecular weight excluding hydrogens is 248 g/mol. The first-order chi connectivity index (χ1) is 8.45. The van der Waals surface area contributed by atoms with Gasteiger partial charge in [-0.05, 0) is 51.3 Å². The summed E-state index contributed by atoms with van der Waals surface area (Å²) >= 11 is 0. The maximum atomic E-state index is 12.3. The normalized spacial score (nSPS) is 18.1. The standard InChI is InChI=1S/C13H20N2O2S/c1-3-14-11-6-4-7-12(10-11)18(16,17)15-13(2)8-5-9-13/h4,6-7,10,14-15H,3,5,8-9H2,1-2H3. The van der Waals surface area contributed by atoms with E-state index in [1.807, 2.05) is 19.9 Å². The molecule has 18 heavy (non-hydrogen) atoms. The Morgan fingerprint density at radius 1 is 1.33 bits per heavy atom. The molecule has 0 heterocycles. The molecular formula is C13H20N2O2S. The van der Waals surface area contributed by atoms with E-state index in [0.717, 1.165) is 31.5 Å². The van der Waals surface area contributed by atoms with Crippen molar-refractivity contribution in [3.8, 4) is 0 Å². The summed E-state index contributed by atoms with van der Waals surface area (Å²) in [6.45, 7) is 4.71. The number of hydrogen-bond donors (Lipinski definition) is 2. The fraction of sp³-hybridized carbons (Fsp3) is 0.538. The van der Waals surface area contributed by atoms with Crippen LogP contribution < -0.4 is 10.0 Å². The van der Waals surface area contributed by atoms with Crippen LogP contribution in [0.2, 0.25) is 0 Å². The SMILES string of the molecule is CCNc1cccc(S(=O)(=O)NC2(C)CCC2)c1. The van der Waals surface area contributed by atoms with Gasteiger partial charge in [0.05, 0.1) is 4.90 Å². The maximum Gasteiger partial charge on any atom is 0.241 e. The van der Waals surface area contributed by atoms with E-state index >= 15 is 0 Å². The van der Waals surface area contributed by atoms with Gasteiger partial charge in [-0.15, -0.1) is 0 Å². The molecule has 100 valence electrons. The van der Waals surface area contributed by atoms with Crippen LogP contribution in [-0.4, -0.2) is 20.5 Å². The fourth-order valence-corrected chi connectivity index (χ4v) is 3.68. The quantitative estimate of drug-likeness (QED) is 0.861. The van der Waals surface area contributed by atoms with Crippen molar-refractivity contribution in [2.75, 3.05) is 11.9 Å². The molecule has 2 N–H and O–H groups in total. The molecule has 4 nitrogen and oxygen atoms in total. The van der Waals surface area contributed by atoms with Crippen molar-refractivity contribution in [2.45, 2.75) is 43.5 Å². The zero-order chi connectivity index (χ0) is 13.2. The van der Waals surface area contributed by atoms with Crippen LogP contribution in [0.3, 0.4) is 0 Å². The summed E-state index contributed by atoms with van der Waals surface area (Å²) in [5.74, 6) is 0. The summed E-state index contributed by atoms with van der Waals surface area (Å²) in [7, 11) is -3.41. The third-order valence-corrected chi connectivity index (χ3v) is 5.00. The van der Waals surface area contributed by atoms with E-state index in [9.17, 15) is 8.42 Å². The highest BCUT2D eigenvalue weighted by Crippen LogP contribution is 2.32. The lowest BCUT2D eigenvalue weighted by Crippen LogP contribution is -2.50. The van der Waals surface area contributed by atoms with E-state index in [-0.39, 0.29) is 5.54 Å². The van der Waals surface area contributed by atoms with Crippen molar-refractivity contribution in [2.24, 2.45) is 0 Å². The van der Waals surface area contributed by atoms with E-state index in [2.05, 4.69) is 10.0 Å². The third kappa shape index (κ3) is 2.84. The van der Waals surface area contributed by atoms with Gasteiger partial charge < -0.3 is 5.32 Å². The van der Waals surface area contributed by atoms with Gasteiger partial charge in [0, 0.05) is 17.8 Å². The first kappa shape index (κ1) is 13.4. The number of rotatable bonds is 5. The molecule has 1 fully saturated rings. The summed E-state index contributed by atoms with van der Waals surface area (Å²) in [6, 6.07) is 6.93. The zero-order valence-corrected chi connectivity index (χ0v) is 11.7. The second kappa shape index (κ2) is 4.90. The number of nitrogens with one attached hydrogen (secondary N) is 2.